The number of aryl methyl sites for hydroxylation is 1. The number of nitrogens with zero attached hydrogens (tertiary/aromatic N) is 6. The number of fused-ring (bicyclic) bond motifs is 1. The van der Waals surface area contributed by atoms with Crippen molar-refractivity contribution in [3.63, 3.8) is 0 Å². The van der Waals surface area contributed by atoms with Gasteiger partial charge in [-0.15, -0.1) is 0 Å². The molecule has 3 heterocycles. The molecule has 0 unspecified atom stereocenters. The zero-order valence-electron chi connectivity index (χ0n) is 18.1. The molecule has 0 atom stereocenters. The van der Waals surface area contributed by atoms with Crippen molar-refractivity contribution < 1.29 is 0 Å². The summed E-state index contributed by atoms with van der Waals surface area (Å²) in [4.78, 5) is 14.5. The molecule has 2 N–H and O–H groups in total. The van der Waals surface area contributed by atoms with Gasteiger partial charge < -0.3 is 10.6 Å². The highest BCUT2D eigenvalue weighted by atomic mass is 15.4. The van der Waals surface area contributed by atoms with E-state index in [2.05, 4.69) is 66.9 Å². The molecule has 29 heavy (non-hydrogen) atoms. The van der Waals surface area contributed by atoms with E-state index in [1.807, 2.05) is 7.05 Å². The third-order valence-corrected chi connectivity index (χ3v) is 5.91. The average molecular weight is 394 g/mol. The second kappa shape index (κ2) is 7.63. The molecular weight excluding hydrogens is 362 g/mol. The number of aromatic nitrogens is 4. The predicted octanol–water partition coefficient (Wildman–Crippen LogP) is 3.27. The minimum atomic E-state index is 0.491. The molecule has 1 saturated heterocycles. The lowest BCUT2D eigenvalue weighted by Crippen LogP contribution is -2.49. The van der Waals surface area contributed by atoms with Crippen molar-refractivity contribution in [2.45, 2.75) is 39.7 Å². The summed E-state index contributed by atoms with van der Waals surface area (Å²) in [6, 6.07) is 9.16. The van der Waals surface area contributed by atoms with Crippen molar-refractivity contribution in [3.8, 4) is 11.3 Å². The Bertz CT molecular complexity index is 996. The van der Waals surface area contributed by atoms with Gasteiger partial charge in [0.1, 0.15) is 5.82 Å². The first kappa shape index (κ1) is 19.6. The number of piperazine rings is 1. The van der Waals surface area contributed by atoms with E-state index in [-0.39, 0.29) is 0 Å². The van der Waals surface area contributed by atoms with Crippen LogP contribution in [0, 0.1) is 0 Å². The molecule has 0 bridgehead atoms. The smallest absolute Gasteiger partial charge is 0.228 e. The van der Waals surface area contributed by atoms with Crippen LogP contribution in [0.3, 0.4) is 0 Å². The van der Waals surface area contributed by atoms with Crippen molar-refractivity contribution in [3.05, 3.63) is 29.8 Å². The highest BCUT2D eigenvalue weighted by molar-refractivity contribution is 5.98. The quantitative estimate of drug-likeness (QED) is 0.733. The molecule has 0 spiro atoms. The summed E-state index contributed by atoms with van der Waals surface area (Å²) in [6.07, 6.45) is 0. The molecule has 0 saturated carbocycles. The van der Waals surface area contributed by atoms with E-state index in [0.717, 1.165) is 48.8 Å². The Morgan fingerprint density at radius 2 is 1.59 bits per heavy atom. The Balaban J connectivity index is 1.76. The SMILES string of the molecule is CC(C)c1ccc(-c2nc(N3CCN(C(C)C)CC3)nc3nn(C)c(N)c23)cc1. The van der Waals surface area contributed by atoms with Gasteiger partial charge in [0.15, 0.2) is 5.65 Å². The fraction of sp³-hybridized carbons (Fsp3) is 0.500. The van der Waals surface area contributed by atoms with Crippen molar-refractivity contribution in [2.24, 2.45) is 7.05 Å². The van der Waals surface area contributed by atoms with Crippen LogP contribution in [0.25, 0.3) is 22.3 Å². The molecule has 0 radical (unpaired) electrons. The zero-order valence-corrected chi connectivity index (χ0v) is 18.1. The lowest BCUT2D eigenvalue weighted by molar-refractivity contribution is 0.208. The predicted molar refractivity (Wildman–Crippen MR) is 119 cm³/mol. The number of nitrogens with two attached hydrogens (primary N) is 1. The zero-order chi connectivity index (χ0) is 20.7. The molecule has 1 aliphatic rings. The molecule has 1 aliphatic heterocycles. The molecule has 7 heteroatoms. The van der Waals surface area contributed by atoms with Gasteiger partial charge in [-0.3, -0.25) is 9.58 Å². The van der Waals surface area contributed by atoms with Crippen LogP contribution in [-0.2, 0) is 7.05 Å². The van der Waals surface area contributed by atoms with Gasteiger partial charge in [-0.05, 0) is 25.3 Å². The molecule has 3 aromatic rings. The molecule has 154 valence electrons. The van der Waals surface area contributed by atoms with E-state index in [9.17, 15) is 0 Å². The van der Waals surface area contributed by atoms with Gasteiger partial charge in [-0.25, -0.2) is 4.98 Å². The van der Waals surface area contributed by atoms with Crippen LogP contribution in [0.1, 0.15) is 39.2 Å². The number of hydrogen-bond donors (Lipinski definition) is 1. The molecule has 1 fully saturated rings. The van der Waals surface area contributed by atoms with Gasteiger partial charge in [0.25, 0.3) is 0 Å². The molecule has 0 amide bonds. The van der Waals surface area contributed by atoms with Gasteiger partial charge in [-0.1, -0.05) is 38.1 Å². The summed E-state index contributed by atoms with van der Waals surface area (Å²) >= 11 is 0. The van der Waals surface area contributed by atoms with E-state index >= 15 is 0 Å². The monoisotopic (exact) mass is 393 g/mol. The van der Waals surface area contributed by atoms with E-state index in [1.165, 1.54) is 5.56 Å². The topological polar surface area (TPSA) is 76.1 Å². The van der Waals surface area contributed by atoms with Crippen molar-refractivity contribution >= 4 is 22.8 Å². The van der Waals surface area contributed by atoms with E-state index in [1.54, 1.807) is 4.68 Å². The normalized spacial score (nSPS) is 15.8. The Morgan fingerprint density at radius 1 is 0.931 bits per heavy atom. The standard InChI is InChI=1S/C22H31N7/c1-14(2)16-6-8-17(9-7-16)19-18-20(23)27(5)26-21(18)25-22(24-19)29-12-10-28(11-13-29)15(3)4/h6-9,14-15H,10-13,23H2,1-5H3. The second-order valence-corrected chi connectivity index (χ2v) is 8.47. The first-order valence-electron chi connectivity index (χ1n) is 10.4. The number of anilines is 2. The minimum Gasteiger partial charge on any atom is -0.383 e. The second-order valence-electron chi connectivity index (χ2n) is 8.47. The Kier molecular flexibility index (Phi) is 5.17. The highest BCUT2D eigenvalue weighted by Gasteiger charge is 2.24. The Morgan fingerprint density at radius 3 is 2.17 bits per heavy atom. The van der Waals surface area contributed by atoms with Crippen molar-refractivity contribution in [2.75, 3.05) is 36.8 Å². The van der Waals surface area contributed by atoms with Crippen molar-refractivity contribution in [1.29, 1.82) is 0 Å². The summed E-state index contributed by atoms with van der Waals surface area (Å²) in [7, 11) is 1.85. The summed E-state index contributed by atoms with van der Waals surface area (Å²) in [5.74, 6) is 1.83. The average Bonchev–Trinajstić information content (AvgIpc) is 3.01. The van der Waals surface area contributed by atoms with Crippen LogP contribution in [0.2, 0.25) is 0 Å². The first-order chi connectivity index (χ1) is 13.8. The summed E-state index contributed by atoms with van der Waals surface area (Å²) < 4.78 is 1.69. The van der Waals surface area contributed by atoms with Crippen molar-refractivity contribution in [1.82, 2.24) is 24.6 Å². The maximum atomic E-state index is 6.33. The Hall–Kier alpha value is -2.67. The number of nitrogen functional groups attached to an aromatic ring is 1. The van der Waals surface area contributed by atoms with Crippen LogP contribution in [0.15, 0.2) is 24.3 Å². The largest absolute Gasteiger partial charge is 0.383 e. The maximum Gasteiger partial charge on any atom is 0.228 e. The lowest BCUT2D eigenvalue weighted by Gasteiger charge is -2.36. The van der Waals surface area contributed by atoms with Gasteiger partial charge in [-0.2, -0.15) is 10.1 Å². The summed E-state index contributed by atoms with van der Waals surface area (Å²) in [6.45, 7) is 12.7. The highest BCUT2D eigenvalue weighted by Crippen LogP contribution is 2.32. The third-order valence-electron chi connectivity index (χ3n) is 5.91. The van der Waals surface area contributed by atoms with Gasteiger partial charge >= 0.3 is 0 Å². The first-order valence-corrected chi connectivity index (χ1v) is 10.4. The fourth-order valence-corrected chi connectivity index (χ4v) is 3.92. The van der Waals surface area contributed by atoms with Crippen LogP contribution < -0.4 is 10.6 Å². The molecule has 4 rings (SSSR count). The Labute approximate surface area is 172 Å². The van der Waals surface area contributed by atoms with Gasteiger partial charge in [0, 0.05) is 44.8 Å². The summed E-state index contributed by atoms with van der Waals surface area (Å²) in [5, 5.41) is 5.37. The summed E-state index contributed by atoms with van der Waals surface area (Å²) in [5.41, 5.74) is 10.2. The minimum absolute atomic E-state index is 0.491. The van der Waals surface area contributed by atoms with Crippen LogP contribution >= 0.6 is 0 Å². The van der Waals surface area contributed by atoms with Crippen LogP contribution in [-0.4, -0.2) is 56.9 Å². The maximum absolute atomic E-state index is 6.33. The van der Waals surface area contributed by atoms with E-state index in [0.29, 0.717) is 23.4 Å². The van der Waals surface area contributed by atoms with Gasteiger partial charge in [0.05, 0.1) is 11.1 Å². The number of rotatable bonds is 4. The van der Waals surface area contributed by atoms with Gasteiger partial charge in [0.2, 0.25) is 5.95 Å². The molecule has 0 aliphatic carbocycles. The molecule has 7 nitrogen and oxygen atoms in total. The molecule has 1 aromatic carbocycles. The fourth-order valence-electron chi connectivity index (χ4n) is 3.92. The number of benzene rings is 1. The third kappa shape index (κ3) is 3.67. The lowest BCUT2D eigenvalue weighted by atomic mass is 10.00. The molecular formula is C22H31N7. The molecule has 2 aromatic heterocycles. The number of hydrogen-bond acceptors (Lipinski definition) is 6. The van der Waals surface area contributed by atoms with E-state index in [4.69, 9.17) is 15.7 Å². The van der Waals surface area contributed by atoms with Crippen LogP contribution in [0.5, 0.6) is 0 Å². The van der Waals surface area contributed by atoms with E-state index < -0.39 is 0 Å². The van der Waals surface area contributed by atoms with Crippen LogP contribution in [0.4, 0.5) is 11.8 Å².